The van der Waals surface area contributed by atoms with Gasteiger partial charge in [0.25, 0.3) is 0 Å². The SMILES string of the molecule is Oc1c(CSCCC(F)(F)C(F)(F)C(F)(F)C(F)(F)C(F)(F)C(F)(F)C(F)(F)C(F)(F)F)cc(CSCCC(F)(F)C(F)(F)C(F)(F)C(F)(F)C(F)(F)C(F)(F)C(F)(F)C(F)(F)F)cc1CSCCC(F)(F)C(F)(F)C(F)(F)C(F)(F)C(F)(F)C(F)(F)C(F)(F)C(F)(F)F. The van der Waals surface area contributed by atoms with E-state index in [9.17, 15) is 229 Å². The zero-order valence-corrected chi connectivity index (χ0v) is 44.9. The Hall–Kier alpha value is -3.50. The molecule has 1 aromatic rings. The van der Waals surface area contributed by atoms with E-state index in [-0.39, 0.29) is 12.1 Å². The fourth-order valence-electron chi connectivity index (χ4n) is 6.35. The van der Waals surface area contributed by atoms with Gasteiger partial charge in [0.2, 0.25) is 0 Å². The molecule has 558 valence electrons. The van der Waals surface area contributed by atoms with E-state index in [1.54, 1.807) is 0 Å². The Labute approximate surface area is 495 Å². The molecule has 0 amide bonds. The minimum atomic E-state index is -9.14. The lowest BCUT2D eigenvalue weighted by atomic mass is 9.88. The van der Waals surface area contributed by atoms with E-state index in [4.69, 9.17) is 0 Å². The highest BCUT2D eigenvalue weighted by atomic mass is 32.2. The molecule has 0 saturated carbocycles. The molecule has 1 rings (SSSR count). The van der Waals surface area contributed by atoms with Gasteiger partial charge in [-0.25, -0.2) is 0 Å². The molecule has 1 aromatic carbocycles. The van der Waals surface area contributed by atoms with Crippen molar-refractivity contribution in [3.63, 3.8) is 0 Å². The Kier molecular flexibility index (Phi) is 23.8. The van der Waals surface area contributed by atoms with Crippen molar-refractivity contribution in [2.24, 2.45) is 0 Å². The predicted octanol–water partition coefficient (Wildman–Crippen LogP) is 21.3. The van der Waals surface area contributed by atoms with Crippen LogP contribution in [0.2, 0.25) is 0 Å². The first-order chi connectivity index (χ1) is 40.4. The van der Waals surface area contributed by atoms with Crippen molar-refractivity contribution in [3.05, 3.63) is 28.8 Å². The summed E-state index contributed by atoms with van der Waals surface area (Å²) in [6.45, 7) is 0. The molecule has 0 aliphatic heterocycles. The molecule has 94 heavy (non-hydrogen) atoms. The molecule has 0 unspecified atom stereocenters. The molecule has 0 heterocycles. The van der Waals surface area contributed by atoms with Crippen LogP contribution in [0.15, 0.2) is 12.1 Å². The monoisotopic (exact) mass is 1570 g/mol. The summed E-state index contributed by atoms with van der Waals surface area (Å²) in [5.74, 6) is -194. The van der Waals surface area contributed by atoms with Gasteiger partial charge in [-0.05, 0) is 22.8 Å². The third-order valence-electron chi connectivity index (χ3n) is 12.2. The number of benzene rings is 1. The molecule has 0 aliphatic rings. The van der Waals surface area contributed by atoms with E-state index in [1.165, 1.54) is 0 Å². The third kappa shape index (κ3) is 13.3. The van der Waals surface area contributed by atoms with E-state index in [2.05, 4.69) is 0 Å². The van der Waals surface area contributed by atoms with Crippen LogP contribution in [0.5, 0.6) is 5.75 Å². The Balaban J connectivity index is 3.87. The van der Waals surface area contributed by atoms with Gasteiger partial charge in [0.15, 0.2) is 0 Å². The zero-order valence-electron chi connectivity index (χ0n) is 42.5. The van der Waals surface area contributed by atoms with Gasteiger partial charge in [-0.2, -0.15) is 259 Å². The molecule has 0 saturated heterocycles. The van der Waals surface area contributed by atoms with E-state index in [1.807, 2.05) is 0 Å². The van der Waals surface area contributed by atoms with Gasteiger partial charge >= 0.3 is 143 Å². The molecule has 0 aliphatic carbocycles. The molecule has 0 spiro atoms. The topological polar surface area (TPSA) is 20.2 Å². The van der Waals surface area contributed by atoms with Crippen LogP contribution >= 0.6 is 35.3 Å². The fraction of sp³-hybridized carbons (Fsp3) is 0.846. The maximum atomic E-state index is 14.5. The molecule has 0 fully saturated rings. The minimum absolute atomic E-state index is 0.0885. The maximum absolute atomic E-state index is 14.5. The van der Waals surface area contributed by atoms with E-state index in [0.29, 0.717) is 0 Å². The van der Waals surface area contributed by atoms with Crippen LogP contribution in [-0.2, 0) is 17.3 Å². The second kappa shape index (κ2) is 25.3. The van der Waals surface area contributed by atoms with E-state index in [0.717, 1.165) is 0 Å². The lowest BCUT2D eigenvalue weighted by molar-refractivity contribution is -0.461. The summed E-state index contributed by atoms with van der Waals surface area (Å²) < 4.78 is 698. The molecule has 0 aromatic heterocycles. The van der Waals surface area contributed by atoms with Crippen molar-refractivity contribution < 1.29 is 229 Å². The first-order valence-corrected chi connectivity index (χ1v) is 25.6. The highest BCUT2D eigenvalue weighted by Gasteiger charge is 2.98. The Morgan fingerprint density at radius 3 is 0.532 bits per heavy atom. The number of hydrogen-bond acceptors (Lipinski definition) is 4. The second-order valence-electron chi connectivity index (χ2n) is 18.6. The highest BCUT2D eigenvalue weighted by molar-refractivity contribution is 7.99. The first-order valence-electron chi connectivity index (χ1n) is 22.1. The Bertz CT molecular complexity index is 2620. The number of thioether (sulfide) groups is 3. The number of hydrogen-bond donors (Lipinski definition) is 1. The van der Waals surface area contributed by atoms with Crippen molar-refractivity contribution in [3.8, 4) is 5.75 Å². The average Bonchev–Trinajstić information content (AvgIpc) is 0.709. The minimum Gasteiger partial charge on any atom is -0.507 e. The van der Waals surface area contributed by atoms with Gasteiger partial charge in [-0.3, -0.25) is 0 Å². The summed E-state index contributed by atoms with van der Waals surface area (Å²) in [7, 11) is 0. The standard InChI is InChI=1S/C39H21F51OS3/c40-16(41,19(46,47)22(52,53)25(58,59)28(64,65)31(70,71)34(76,77)37(82,83)84)1-4-92-9-12-7-13(10-93-5-2-17(42,43)20(48,49)23(54,55)26(60,61)29(66,67)32(72,73)35(78,79)38(85,86)87)15(91)14(8-12)11-94-6-3-18(44,45)21(50,51)24(56,57)27(62,63)30(68,69)33(74,75)36(80,81)39(88,89)90/h7-8,91H,1-6,9-11H2. The number of aromatic hydroxyl groups is 1. The third-order valence-corrected chi connectivity index (χ3v) is 15.2. The van der Waals surface area contributed by atoms with Gasteiger partial charge in [0.05, 0.1) is 0 Å². The summed E-state index contributed by atoms with van der Waals surface area (Å²) in [5.41, 5.74) is -3.80. The second-order valence-corrected chi connectivity index (χ2v) is 21.9. The van der Waals surface area contributed by atoms with Crippen LogP contribution in [-0.4, -0.2) is 165 Å². The number of alkyl halides is 51. The summed E-state index contributed by atoms with van der Waals surface area (Å²) in [6.07, 6.45) is -34.5. The number of phenolic OH excluding ortho intramolecular Hbond substituents is 1. The van der Waals surface area contributed by atoms with Crippen LogP contribution in [0.25, 0.3) is 0 Å². The summed E-state index contributed by atoms with van der Waals surface area (Å²) >= 11 is -2.13. The lowest BCUT2D eigenvalue weighted by Crippen LogP contribution is -2.74. The van der Waals surface area contributed by atoms with E-state index < -0.39 is 254 Å². The van der Waals surface area contributed by atoms with Gasteiger partial charge < -0.3 is 5.11 Å². The maximum Gasteiger partial charge on any atom is 0.460 e. The fourth-order valence-corrected chi connectivity index (χ4v) is 9.27. The van der Waals surface area contributed by atoms with Crippen LogP contribution in [0.1, 0.15) is 36.0 Å². The first kappa shape index (κ1) is 88.5. The van der Waals surface area contributed by atoms with Gasteiger partial charge in [0, 0.05) is 47.6 Å². The Morgan fingerprint density at radius 2 is 0.362 bits per heavy atom. The van der Waals surface area contributed by atoms with Crippen LogP contribution in [0, 0.1) is 0 Å². The van der Waals surface area contributed by atoms with Gasteiger partial charge in [-0.15, -0.1) is 0 Å². The van der Waals surface area contributed by atoms with Gasteiger partial charge in [-0.1, -0.05) is 12.1 Å². The lowest BCUT2D eigenvalue weighted by Gasteiger charge is -2.42. The molecule has 0 bridgehead atoms. The molecule has 1 N–H and O–H groups in total. The average molecular weight is 1570 g/mol. The number of phenols is 1. The number of halogens is 51. The van der Waals surface area contributed by atoms with Gasteiger partial charge in [0.1, 0.15) is 5.75 Å². The summed E-state index contributed by atoms with van der Waals surface area (Å²) in [6, 6.07) is 0.177. The molecule has 0 atom stereocenters. The quantitative estimate of drug-likeness (QED) is 0.0559. The van der Waals surface area contributed by atoms with Crippen LogP contribution < -0.4 is 0 Å². The normalized spacial score (nSPS) is 16.4. The molecule has 1 nitrogen and oxygen atoms in total. The van der Waals surface area contributed by atoms with Crippen molar-refractivity contribution in [1.29, 1.82) is 0 Å². The molecule has 0 radical (unpaired) electrons. The molecular weight excluding hydrogens is 1550 g/mol. The molecule has 55 heteroatoms. The Morgan fingerprint density at radius 1 is 0.213 bits per heavy atom. The number of rotatable bonds is 33. The van der Waals surface area contributed by atoms with Crippen molar-refractivity contribution in [1.82, 2.24) is 0 Å². The highest BCUT2D eigenvalue weighted by Crippen LogP contribution is 2.68. The molecular formula is C39H21F51OS3. The van der Waals surface area contributed by atoms with Crippen molar-refractivity contribution in [2.75, 3.05) is 17.3 Å². The largest absolute Gasteiger partial charge is 0.507 e. The van der Waals surface area contributed by atoms with Crippen molar-refractivity contribution >= 4 is 35.3 Å². The van der Waals surface area contributed by atoms with E-state index >= 15 is 0 Å². The van der Waals surface area contributed by atoms with Crippen LogP contribution in [0.3, 0.4) is 0 Å². The van der Waals surface area contributed by atoms with Crippen LogP contribution in [0.4, 0.5) is 224 Å². The van der Waals surface area contributed by atoms with Crippen molar-refractivity contribution in [2.45, 2.75) is 179 Å². The summed E-state index contributed by atoms with van der Waals surface area (Å²) in [4.78, 5) is 0. The predicted molar refractivity (Wildman–Crippen MR) is 212 cm³/mol. The zero-order chi connectivity index (χ0) is 76.2. The smallest absolute Gasteiger partial charge is 0.460 e. The summed E-state index contributed by atoms with van der Waals surface area (Å²) in [5, 5.41) is 10.6.